The van der Waals surface area contributed by atoms with Gasteiger partial charge in [-0.15, -0.1) is 0 Å². The maximum Gasteiger partial charge on any atom is 0.160 e. The quantitative estimate of drug-likeness (QED) is 0.267. The van der Waals surface area contributed by atoms with Crippen LogP contribution < -0.4 is 10.1 Å². The second-order valence-corrected chi connectivity index (χ2v) is 9.39. The normalized spacial score (nSPS) is 11.6. The zero-order valence-corrected chi connectivity index (χ0v) is 20.8. The lowest BCUT2D eigenvalue weighted by Crippen LogP contribution is -2.08. The molecule has 6 aromatic carbocycles. The minimum absolute atomic E-state index is 0.822. The second kappa shape index (κ2) is 9.42. The number of fused-ring (bicyclic) bond motifs is 2. The summed E-state index contributed by atoms with van der Waals surface area (Å²) in [5.74, 6) is 1.66. The van der Waals surface area contributed by atoms with Gasteiger partial charge in [-0.05, 0) is 34.4 Å². The van der Waals surface area contributed by atoms with Crippen molar-refractivity contribution in [2.75, 3.05) is 5.32 Å². The molecule has 0 atom stereocenters. The van der Waals surface area contributed by atoms with E-state index >= 15 is 0 Å². The molecule has 1 aliphatic heterocycles. The van der Waals surface area contributed by atoms with E-state index in [2.05, 4.69) is 133 Å². The van der Waals surface area contributed by atoms with Crippen molar-refractivity contribution in [2.45, 2.75) is 0 Å². The van der Waals surface area contributed by atoms with E-state index in [1.54, 1.807) is 0 Å². The molecule has 2 heteroatoms. The van der Waals surface area contributed by atoms with Gasteiger partial charge in [0.1, 0.15) is 0 Å². The minimum atomic E-state index is 0.822. The summed E-state index contributed by atoms with van der Waals surface area (Å²) >= 11 is 0. The highest BCUT2D eigenvalue weighted by molar-refractivity contribution is 6.11. The van der Waals surface area contributed by atoms with Gasteiger partial charge in [-0.3, -0.25) is 0 Å². The first kappa shape index (κ1) is 22.1. The number of benzene rings is 6. The van der Waals surface area contributed by atoms with Crippen molar-refractivity contribution in [1.82, 2.24) is 0 Å². The molecule has 7 rings (SSSR count). The zero-order chi connectivity index (χ0) is 25.3. The van der Waals surface area contributed by atoms with Crippen LogP contribution in [0.4, 0.5) is 11.4 Å². The molecule has 180 valence electrons. The maximum absolute atomic E-state index is 6.82. The van der Waals surface area contributed by atoms with E-state index in [1.165, 1.54) is 5.56 Å². The third-order valence-electron chi connectivity index (χ3n) is 7.06. The van der Waals surface area contributed by atoms with Crippen LogP contribution in [0.1, 0.15) is 0 Å². The third-order valence-corrected chi connectivity index (χ3v) is 7.06. The Morgan fingerprint density at radius 2 is 0.763 bits per heavy atom. The highest BCUT2D eigenvalue weighted by Crippen LogP contribution is 2.58. The first-order valence-electron chi connectivity index (χ1n) is 12.9. The number of hydrogen-bond acceptors (Lipinski definition) is 2. The van der Waals surface area contributed by atoms with Gasteiger partial charge in [-0.1, -0.05) is 133 Å². The Bertz CT molecular complexity index is 1600. The average molecular weight is 488 g/mol. The van der Waals surface area contributed by atoms with E-state index in [1.807, 2.05) is 18.2 Å². The van der Waals surface area contributed by atoms with Gasteiger partial charge >= 0.3 is 0 Å². The Morgan fingerprint density at radius 3 is 1.29 bits per heavy atom. The molecular weight excluding hydrogens is 462 g/mol. The minimum Gasteiger partial charge on any atom is -0.452 e. The Kier molecular flexibility index (Phi) is 5.49. The predicted molar refractivity (Wildman–Crippen MR) is 158 cm³/mol. The van der Waals surface area contributed by atoms with Gasteiger partial charge in [-0.2, -0.15) is 0 Å². The van der Waals surface area contributed by atoms with Gasteiger partial charge in [0, 0.05) is 22.3 Å². The average Bonchev–Trinajstić information content (AvgIpc) is 3.00. The van der Waals surface area contributed by atoms with Crippen molar-refractivity contribution in [1.29, 1.82) is 0 Å². The monoisotopic (exact) mass is 487 g/mol. The van der Waals surface area contributed by atoms with Gasteiger partial charge in [0.05, 0.1) is 11.4 Å². The highest BCUT2D eigenvalue weighted by atomic mass is 16.5. The number of hydrogen-bond donors (Lipinski definition) is 1. The summed E-state index contributed by atoms with van der Waals surface area (Å²) in [5.41, 5.74) is 11.0. The molecule has 38 heavy (non-hydrogen) atoms. The lowest BCUT2D eigenvalue weighted by molar-refractivity contribution is 0.483. The fourth-order valence-corrected chi connectivity index (χ4v) is 5.41. The van der Waals surface area contributed by atoms with Crippen molar-refractivity contribution in [3.05, 3.63) is 146 Å². The molecule has 0 fully saturated rings. The van der Waals surface area contributed by atoms with Crippen molar-refractivity contribution < 1.29 is 4.74 Å². The van der Waals surface area contributed by atoms with Gasteiger partial charge in [0.25, 0.3) is 0 Å². The van der Waals surface area contributed by atoms with E-state index in [0.717, 1.165) is 61.8 Å². The van der Waals surface area contributed by atoms with E-state index in [-0.39, 0.29) is 0 Å². The molecule has 6 aromatic rings. The van der Waals surface area contributed by atoms with E-state index in [0.29, 0.717) is 0 Å². The van der Waals surface area contributed by atoms with Crippen LogP contribution in [0.25, 0.3) is 44.5 Å². The van der Waals surface area contributed by atoms with Crippen molar-refractivity contribution in [2.24, 2.45) is 0 Å². The summed E-state index contributed by atoms with van der Waals surface area (Å²) in [4.78, 5) is 0. The maximum atomic E-state index is 6.82. The zero-order valence-electron chi connectivity index (χ0n) is 20.8. The van der Waals surface area contributed by atoms with Crippen LogP contribution in [0.5, 0.6) is 11.5 Å². The number of rotatable bonds is 4. The third kappa shape index (κ3) is 3.75. The topological polar surface area (TPSA) is 21.3 Å². The fraction of sp³-hybridized carbons (Fsp3) is 0. The summed E-state index contributed by atoms with van der Waals surface area (Å²) in [6.45, 7) is 0. The lowest BCUT2D eigenvalue weighted by atomic mass is 9.80. The molecule has 0 saturated heterocycles. The van der Waals surface area contributed by atoms with Crippen LogP contribution in [0.15, 0.2) is 146 Å². The molecule has 0 bridgehead atoms. The molecule has 1 aliphatic rings. The smallest absolute Gasteiger partial charge is 0.160 e. The molecule has 0 spiro atoms. The largest absolute Gasteiger partial charge is 0.452 e. The van der Waals surface area contributed by atoms with Crippen molar-refractivity contribution >= 4 is 11.4 Å². The van der Waals surface area contributed by atoms with Gasteiger partial charge in [-0.25, -0.2) is 0 Å². The fourth-order valence-electron chi connectivity index (χ4n) is 5.41. The van der Waals surface area contributed by atoms with E-state index < -0.39 is 0 Å². The number of nitrogens with one attached hydrogen (secondary N) is 1. The number of anilines is 2. The molecule has 0 radical (unpaired) electrons. The lowest BCUT2D eigenvalue weighted by Gasteiger charge is -2.31. The summed E-state index contributed by atoms with van der Waals surface area (Å²) in [6.07, 6.45) is 0. The molecular formula is C36H25NO. The second-order valence-electron chi connectivity index (χ2n) is 9.39. The first-order valence-corrected chi connectivity index (χ1v) is 12.9. The number of para-hydroxylation sites is 2. The summed E-state index contributed by atoms with van der Waals surface area (Å²) in [5, 5.41) is 3.78. The van der Waals surface area contributed by atoms with E-state index in [4.69, 9.17) is 4.74 Å². The van der Waals surface area contributed by atoms with Gasteiger partial charge in [0.15, 0.2) is 11.5 Å². The molecule has 0 unspecified atom stereocenters. The molecule has 0 saturated carbocycles. The van der Waals surface area contributed by atoms with Crippen LogP contribution >= 0.6 is 0 Å². The molecule has 1 heterocycles. The summed E-state index contributed by atoms with van der Waals surface area (Å²) in [7, 11) is 0. The van der Waals surface area contributed by atoms with Crippen LogP contribution in [0, 0.1) is 0 Å². The van der Waals surface area contributed by atoms with Crippen molar-refractivity contribution in [3.8, 4) is 56.0 Å². The SMILES string of the molecule is c1ccc(-c2c3c(c(-c4ccccc4)c(-c4ccccc4)c2-c2ccccc2)Oc2ccccc2N3)cc1. The van der Waals surface area contributed by atoms with Crippen molar-refractivity contribution in [3.63, 3.8) is 0 Å². The molecule has 1 N–H and O–H groups in total. The molecule has 0 aromatic heterocycles. The highest BCUT2D eigenvalue weighted by Gasteiger charge is 2.31. The van der Waals surface area contributed by atoms with Crippen LogP contribution in [-0.4, -0.2) is 0 Å². The van der Waals surface area contributed by atoms with Gasteiger partial charge in [0.2, 0.25) is 0 Å². The Balaban J connectivity index is 1.70. The van der Waals surface area contributed by atoms with Gasteiger partial charge < -0.3 is 10.1 Å². The van der Waals surface area contributed by atoms with Crippen LogP contribution in [0.2, 0.25) is 0 Å². The molecule has 0 amide bonds. The first-order chi connectivity index (χ1) is 18.9. The summed E-state index contributed by atoms with van der Waals surface area (Å²) < 4.78 is 6.82. The summed E-state index contributed by atoms with van der Waals surface area (Å²) in [6, 6.07) is 50.7. The molecule has 2 nitrogen and oxygen atoms in total. The standard InChI is InChI=1S/C36H25NO/c1-5-15-25(16-6-1)31-32(26-17-7-2-8-18-26)34(28-21-11-4-12-22-28)36-35(33(31)27-19-9-3-10-20-27)37-29-23-13-14-24-30(29)38-36/h1-24,37H. The van der Waals surface area contributed by atoms with Crippen LogP contribution in [-0.2, 0) is 0 Å². The van der Waals surface area contributed by atoms with E-state index in [9.17, 15) is 0 Å². The number of ether oxygens (including phenoxy) is 1. The molecule has 0 aliphatic carbocycles. The Labute approximate surface area is 222 Å². The Hall–Kier alpha value is -5.08. The predicted octanol–water partition coefficient (Wildman–Crippen LogP) is 10.2. The van der Waals surface area contributed by atoms with Crippen LogP contribution in [0.3, 0.4) is 0 Å². The Morgan fingerprint density at radius 1 is 0.368 bits per heavy atom.